The third kappa shape index (κ3) is 1.51. The zero-order valence-electron chi connectivity index (χ0n) is 11.5. The van der Waals surface area contributed by atoms with Crippen molar-refractivity contribution < 1.29 is 38.8 Å². The summed E-state index contributed by atoms with van der Waals surface area (Å²) in [5, 5.41) is 30.0. The second kappa shape index (κ2) is 4.42. The van der Waals surface area contributed by atoms with Gasteiger partial charge in [0.15, 0.2) is 5.76 Å². The third-order valence-electron chi connectivity index (χ3n) is 3.40. The maximum absolute atomic E-state index is 12.1. The molecule has 0 unspecified atom stereocenters. The first kappa shape index (κ1) is 13.8. The van der Waals surface area contributed by atoms with Gasteiger partial charge in [-0.2, -0.15) is 0 Å². The summed E-state index contributed by atoms with van der Waals surface area (Å²) in [7, 11) is 2.37. The molecule has 1 aliphatic rings. The van der Waals surface area contributed by atoms with Crippen LogP contribution in [-0.4, -0.2) is 41.1 Å². The Morgan fingerprint density at radius 1 is 1.00 bits per heavy atom. The van der Waals surface area contributed by atoms with Crippen molar-refractivity contribution >= 4 is 28.3 Å². The van der Waals surface area contributed by atoms with Crippen molar-refractivity contribution in [1.29, 1.82) is 0 Å². The second-order valence-electron chi connectivity index (χ2n) is 4.50. The lowest BCUT2D eigenvalue weighted by atomic mass is 9.90. The Bertz CT molecular complexity index is 871. The van der Waals surface area contributed by atoms with Gasteiger partial charge in [0.2, 0.25) is 17.3 Å². The summed E-state index contributed by atoms with van der Waals surface area (Å²) in [5.74, 6) is -4.77. The SMILES string of the molecule is COC1=C(O)c2cc3oc(OC)c(O)c3c(O)c2C(=O)C1=O. The predicted octanol–water partition coefficient (Wildman–Crippen LogP) is 1.49. The lowest BCUT2D eigenvalue weighted by Gasteiger charge is -2.17. The van der Waals surface area contributed by atoms with Crippen LogP contribution in [0.3, 0.4) is 0 Å². The van der Waals surface area contributed by atoms with Gasteiger partial charge in [-0.05, 0) is 6.07 Å². The van der Waals surface area contributed by atoms with E-state index in [2.05, 4.69) is 0 Å². The number of hydrogen-bond donors (Lipinski definition) is 3. The highest BCUT2D eigenvalue weighted by atomic mass is 16.6. The number of furan rings is 1. The van der Waals surface area contributed by atoms with E-state index in [0.29, 0.717) is 0 Å². The largest absolute Gasteiger partial charge is 0.506 e. The van der Waals surface area contributed by atoms with E-state index < -0.39 is 40.1 Å². The summed E-state index contributed by atoms with van der Waals surface area (Å²) < 4.78 is 14.7. The molecule has 1 aromatic carbocycles. The molecule has 0 aliphatic heterocycles. The number of phenols is 1. The van der Waals surface area contributed by atoms with Crippen molar-refractivity contribution in [2.75, 3.05) is 14.2 Å². The molecule has 0 spiro atoms. The van der Waals surface area contributed by atoms with Crippen LogP contribution in [0, 0.1) is 0 Å². The highest BCUT2D eigenvalue weighted by Crippen LogP contribution is 2.47. The second-order valence-corrected chi connectivity index (χ2v) is 4.50. The molecule has 3 N–H and O–H groups in total. The lowest BCUT2D eigenvalue weighted by molar-refractivity contribution is -0.114. The number of methoxy groups -OCH3 is 2. The van der Waals surface area contributed by atoms with E-state index in [4.69, 9.17) is 13.9 Å². The number of aliphatic hydroxyl groups excluding tert-OH is 1. The number of rotatable bonds is 2. The Hall–Kier alpha value is -3.16. The summed E-state index contributed by atoms with van der Waals surface area (Å²) in [4.78, 5) is 24.0. The number of phenolic OH excluding ortho intramolecular Hbond substituents is 1. The molecule has 0 saturated carbocycles. The molecular formula is C14H10O8. The molecule has 0 bridgehead atoms. The molecule has 8 heteroatoms. The van der Waals surface area contributed by atoms with Gasteiger partial charge >= 0.3 is 5.95 Å². The van der Waals surface area contributed by atoms with E-state index in [0.717, 1.165) is 7.11 Å². The van der Waals surface area contributed by atoms with Crippen LogP contribution in [0.1, 0.15) is 15.9 Å². The first-order valence-electron chi connectivity index (χ1n) is 6.04. The molecule has 8 nitrogen and oxygen atoms in total. The summed E-state index contributed by atoms with van der Waals surface area (Å²) in [5.41, 5.74) is -0.604. The molecule has 3 rings (SSSR count). The smallest absolute Gasteiger partial charge is 0.329 e. The maximum atomic E-state index is 12.1. The van der Waals surface area contributed by atoms with Gasteiger partial charge in [0.25, 0.3) is 5.78 Å². The van der Waals surface area contributed by atoms with Crippen molar-refractivity contribution in [2.45, 2.75) is 0 Å². The maximum Gasteiger partial charge on any atom is 0.329 e. The third-order valence-corrected chi connectivity index (χ3v) is 3.40. The first-order valence-corrected chi connectivity index (χ1v) is 6.04. The average Bonchev–Trinajstić information content (AvgIpc) is 2.82. The molecule has 0 atom stereocenters. The number of fused-ring (bicyclic) bond motifs is 2. The average molecular weight is 306 g/mol. The molecule has 22 heavy (non-hydrogen) atoms. The predicted molar refractivity (Wildman–Crippen MR) is 72.0 cm³/mol. The van der Waals surface area contributed by atoms with Crippen LogP contribution >= 0.6 is 0 Å². The van der Waals surface area contributed by atoms with Gasteiger partial charge in [-0.15, -0.1) is 0 Å². The van der Waals surface area contributed by atoms with Gasteiger partial charge in [-0.25, -0.2) is 0 Å². The Morgan fingerprint density at radius 3 is 2.27 bits per heavy atom. The van der Waals surface area contributed by atoms with Crippen molar-refractivity contribution in [3.05, 3.63) is 23.0 Å². The highest BCUT2D eigenvalue weighted by Gasteiger charge is 2.38. The summed E-state index contributed by atoms with van der Waals surface area (Å²) >= 11 is 0. The Morgan fingerprint density at radius 2 is 1.68 bits per heavy atom. The van der Waals surface area contributed by atoms with Crippen molar-refractivity contribution in [3.63, 3.8) is 0 Å². The number of carbonyl (C=O) groups is 2. The summed E-state index contributed by atoms with van der Waals surface area (Å²) in [6.45, 7) is 0. The topological polar surface area (TPSA) is 126 Å². The number of aromatic hydroxyl groups is 2. The van der Waals surface area contributed by atoms with Crippen LogP contribution in [0.25, 0.3) is 16.7 Å². The van der Waals surface area contributed by atoms with E-state index in [1.807, 2.05) is 0 Å². The van der Waals surface area contributed by atoms with Gasteiger partial charge in [-0.1, -0.05) is 0 Å². The fraction of sp³-hybridized carbons (Fsp3) is 0.143. The number of carbonyl (C=O) groups excluding carboxylic acids is 2. The normalized spacial score (nSPS) is 14.5. The highest BCUT2D eigenvalue weighted by molar-refractivity contribution is 6.52. The molecule has 1 aromatic heterocycles. The van der Waals surface area contributed by atoms with Crippen LogP contribution in [0.4, 0.5) is 0 Å². The molecule has 0 saturated heterocycles. The van der Waals surface area contributed by atoms with Crippen molar-refractivity contribution in [1.82, 2.24) is 0 Å². The number of aliphatic hydroxyl groups is 1. The molecule has 114 valence electrons. The van der Waals surface area contributed by atoms with Crippen LogP contribution < -0.4 is 4.74 Å². The summed E-state index contributed by atoms with van der Waals surface area (Å²) in [6.07, 6.45) is 0. The number of Topliss-reactive ketones (excluding diaryl/α,β-unsaturated/α-hetero) is 2. The van der Waals surface area contributed by atoms with Gasteiger partial charge in [0.1, 0.15) is 16.7 Å². The molecule has 0 radical (unpaired) electrons. The molecular weight excluding hydrogens is 296 g/mol. The van der Waals surface area contributed by atoms with Gasteiger partial charge < -0.3 is 29.2 Å². The van der Waals surface area contributed by atoms with E-state index in [9.17, 15) is 24.9 Å². The number of hydrogen-bond acceptors (Lipinski definition) is 8. The Kier molecular flexibility index (Phi) is 2.77. The minimum Gasteiger partial charge on any atom is -0.506 e. The van der Waals surface area contributed by atoms with Gasteiger partial charge in [-0.3, -0.25) is 9.59 Å². The molecule has 0 amide bonds. The van der Waals surface area contributed by atoms with Crippen molar-refractivity contribution in [2.24, 2.45) is 0 Å². The molecule has 2 aromatic rings. The zero-order valence-corrected chi connectivity index (χ0v) is 11.5. The van der Waals surface area contributed by atoms with Crippen LogP contribution in [0.5, 0.6) is 17.4 Å². The molecule has 1 heterocycles. The minimum absolute atomic E-state index is 0.0326. The zero-order chi connectivity index (χ0) is 16.2. The molecule has 0 fully saturated rings. The quantitative estimate of drug-likeness (QED) is 0.712. The molecule has 1 aliphatic carbocycles. The van der Waals surface area contributed by atoms with Crippen LogP contribution in [-0.2, 0) is 9.53 Å². The van der Waals surface area contributed by atoms with E-state index >= 15 is 0 Å². The fourth-order valence-electron chi connectivity index (χ4n) is 2.40. The monoisotopic (exact) mass is 306 g/mol. The van der Waals surface area contributed by atoms with Crippen LogP contribution in [0.15, 0.2) is 16.2 Å². The van der Waals surface area contributed by atoms with Crippen molar-refractivity contribution in [3.8, 4) is 17.4 Å². The summed E-state index contributed by atoms with van der Waals surface area (Å²) in [6, 6.07) is 1.20. The standard InChI is InChI=1S/C14H10O8/c1-20-13-8(15)4-3-5-7(11(18)14(21-2)22-5)9(16)6(4)10(17)12(13)19/h3,15-16,18H,1-2H3. The number of benzene rings is 1. The van der Waals surface area contributed by atoms with E-state index in [1.54, 1.807) is 0 Å². The number of ketones is 2. The van der Waals surface area contributed by atoms with Crippen LogP contribution in [0.2, 0.25) is 0 Å². The first-order chi connectivity index (χ1) is 10.4. The van der Waals surface area contributed by atoms with Gasteiger partial charge in [0, 0.05) is 5.56 Å². The lowest BCUT2D eigenvalue weighted by Crippen LogP contribution is -2.25. The Labute approximate surface area is 122 Å². The van der Waals surface area contributed by atoms with E-state index in [1.165, 1.54) is 13.2 Å². The number of allylic oxidation sites excluding steroid dienone is 1. The minimum atomic E-state index is -1.10. The van der Waals surface area contributed by atoms with Gasteiger partial charge in [0.05, 0.1) is 19.8 Å². The Balaban J connectivity index is 2.46. The van der Waals surface area contributed by atoms with E-state index in [-0.39, 0.29) is 22.5 Å². The fourth-order valence-corrected chi connectivity index (χ4v) is 2.40. The number of ether oxygens (including phenoxy) is 2.